The molecule has 1 spiro atoms. The average Bonchev–Trinajstić information content (AvgIpc) is 3.06. The standard InChI is InChI=1S/C22H25NO4/c1-4-13-23-14-11-18(22(21(23)26)12-5-6-19(22)24)15(2)16-7-9-17(10-8-16)20(25)27-3/h4,7-10,18H,1-2,5-6,11-14H2,3H3/t18-,22+/m0/s1. The maximum Gasteiger partial charge on any atom is 0.337 e. The molecule has 5 nitrogen and oxygen atoms in total. The Bertz CT molecular complexity index is 795. The molecule has 1 amide bonds. The number of piperidine rings is 1. The highest BCUT2D eigenvalue weighted by molar-refractivity contribution is 6.09. The second kappa shape index (κ2) is 7.51. The molecule has 142 valence electrons. The van der Waals surface area contributed by atoms with Crippen LogP contribution in [0.25, 0.3) is 5.57 Å². The quantitative estimate of drug-likeness (QED) is 0.455. The highest BCUT2D eigenvalue weighted by Gasteiger charge is 2.57. The molecule has 0 N–H and O–H groups in total. The SMILES string of the molecule is C=CCN1CC[C@@H](C(=C)c2ccc(C(=O)OC)cc2)[C@@]2(CCCC2=O)C1=O. The van der Waals surface area contributed by atoms with Crippen molar-refractivity contribution in [2.75, 3.05) is 20.2 Å². The molecule has 1 aromatic rings. The van der Waals surface area contributed by atoms with Gasteiger partial charge >= 0.3 is 5.97 Å². The third kappa shape index (κ3) is 3.11. The zero-order valence-corrected chi connectivity index (χ0v) is 15.7. The molecular weight excluding hydrogens is 342 g/mol. The lowest BCUT2D eigenvalue weighted by atomic mass is 9.64. The molecule has 2 aliphatic rings. The molecule has 5 heteroatoms. The molecule has 3 rings (SSSR count). The van der Waals surface area contributed by atoms with E-state index in [4.69, 9.17) is 4.74 Å². The van der Waals surface area contributed by atoms with E-state index in [0.717, 1.165) is 17.6 Å². The topological polar surface area (TPSA) is 63.7 Å². The smallest absolute Gasteiger partial charge is 0.337 e. The largest absolute Gasteiger partial charge is 0.465 e. The van der Waals surface area contributed by atoms with E-state index in [1.807, 2.05) is 12.1 Å². The zero-order chi connectivity index (χ0) is 19.6. The molecule has 1 aliphatic carbocycles. The van der Waals surface area contributed by atoms with Gasteiger partial charge in [-0.05, 0) is 42.5 Å². The predicted octanol–water partition coefficient (Wildman–Crippen LogP) is 3.26. The van der Waals surface area contributed by atoms with Gasteiger partial charge in [0, 0.05) is 25.4 Å². The van der Waals surface area contributed by atoms with E-state index in [-0.39, 0.29) is 17.6 Å². The van der Waals surface area contributed by atoms with Gasteiger partial charge in [-0.2, -0.15) is 0 Å². The summed E-state index contributed by atoms with van der Waals surface area (Å²) in [6.07, 6.45) is 4.15. The number of methoxy groups -OCH3 is 1. The number of hydrogen-bond donors (Lipinski definition) is 0. The lowest BCUT2D eigenvalue weighted by Crippen LogP contribution is -2.55. The zero-order valence-electron chi connectivity index (χ0n) is 15.7. The third-order valence-electron chi connectivity index (χ3n) is 5.87. The van der Waals surface area contributed by atoms with Crippen LogP contribution in [0.4, 0.5) is 0 Å². The molecule has 1 saturated carbocycles. The fourth-order valence-electron chi connectivity index (χ4n) is 4.49. The molecule has 1 aliphatic heterocycles. The molecule has 1 saturated heterocycles. The van der Waals surface area contributed by atoms with E-state index in [9.17, 15) is 14.4 Å². The second-order valence-electron chi connectivity index (χ2n) is 7.22. The van der Waals surface area contributed by atoms with Gasteiger partial charge in [0.1, 0.15) is 11.2 Å². The predicted molar refractivity (Wildman–Crippen MR) is 103 cm³/mol. The fraction of sp³-hybridized carbons (Fsp3) is 0.409. The Labute approximate surface area is 159 Å². The van der Waals surface area contributed by atoms with Crippen molar-refractivity contribution in [2.45, 2.75) is 25.7 Å². The van der Waals surface area contributed by atoms with Crippen LogP contribution in [0.15, 0.2) is 43.5 Å². The van der Waals surface area contributed by atoms with Gasteiger partial charge in [0.15, 0.2) is 0 Å². The van der Waals surface area contributed by atoms with E-state index in [1.54, 1.807) is 23.1 Å². The van der Waals surface area contributed by atoms with Crippen molar-refractivity contribution in [2.24, 2.45) is 11.3 Å². The molecule has 2 fully saturated rings. The summed E-state index contributed by atoms with van der Waals surface area (Å²) in [6, 6.07) is 6.99. The van der Waals surface area contributed by atoms with E-state index < -0.39 is 11.4 Å². The van der Waals surface area contributed by atoms with Gasteiger partial charge in [-0.1, -0.05) is 24.8 Å². The molecule has 27 heavy (non-hydrogen) atoms. The normalized spacial score (nSPS) is 24.9. The number of benzene rings is 1. The number of hydrogen-bond acceptors (Lipinski definition) is 4. The fourth-order valence-corrected chi connectivity index (χ4v) is 4.49. The summed E-state index contributed by atoms with van der Waals surface area (Å²) in [4.78, 5) is 39.5. The van der Waals surface area contributed by atoms with Crippen LogP contribution >= 0.6 is 0 Å². The van der Waals surface area contributed by atoms with Crippen LogP contribution in [-0.2, 0) is 14.3 Å². The van der Waals surface area contributed by atoms with Crippen LogP contribution in [0.3, 0.4) is 0 Å². The molecule has 0 bridgehead atoms. The number of amides is 1. The summed E-state index contributed by atoms with van der Waals surface area (Å²) in [5, 5.41) is 0. The van der Waals surface area contributed by atoms with Crippen molar-refractivity contribution in [3.05, 3.63) is 54.6 Å². The number of rotatable bonds is 5. The van der Waals surface area contributed by atoms with Crippen LogP contribution in [0, 0.1) is 11.3 Å². The number of esters is 1. The Morgan fingerprint density at radius 1 is 1.30 bits per heavy atom. The first kappa shape index (κ1) is 19.1. The van der Waals surface area contributed by atoms with E-state index in [0.29, 0.717) is 37.9 Å². The lowest BCUT2D eigenvalue weighted by Gasteiger charge is -2.44. The second-order valence-corrected chi connectivity index (χ2v) is 7.22. The Balaban J connectivity index is 1.93. The summed E-state index contributed by atoms with van der Waals surface area (Å²) < 4.78 is 4.73. The number of ether oxygens (including phenoxy) is 1. The third-order valence-corrected chi connectivity index (χ3v) is 5.87. The van der Waals surface area contributed by atoms with Crippen molar-refractivity contribution < 1.29 is 19.1 Å². The highest BCUT2D eigenvalue weighted by atomic mass is 16.5. The number of nitrogens with zero attached hydrogens (tertiary/aromatic N) is 1. The molecule has 1 heterocycles. The first-order chi connectivity index (χ1) is 13.0. The minimum atomic E-state index is -1.00. The molecule has 0 radical (unpaired) electrons. The van der Waals surface area contributed by atoms with E-state index in [2.05, 4.69) is 13.2 Å². The van der Waals surface area contributed by atoms with Gasteiger partial charge in [-0.25, -0.2) is 4.79 Å². The van der Waals surface area contributed by atoms with Gasteiger partial charge < -0.3 is 9.64 Å². The minimum absolute atomic E-state index is 0.0265. The van der Waals surface area contributed by atoms with E-state index >= 15 is 0 Å². The first-order valence-electron chi connectivity index (χ1n) is 9.26. The summed E-state index contributed by atoms with van der Waals surface area (Å²) in [5.41, 5.74) is 1.09. The Morgan fingerprint density at radius 3 is 2.52 bits per heavy atom. The van der Waals surface area contributed by atoms with Gasteiger partial charge in [0.05, 0.1) is 12.7 Å². The molecule has 1 aromatic carbocycles. The monoisotopic (exact) mass is 367 g/mol. The van der Waals surface area contributed by atoms with Crippen molar-refractivity contribution >= 4 is 23.2 Å². The van der Waals surface area contributed by atoms with Crippen molar-refractivity contribution in [1.29, 1.82) is 0 Å². The first-order valence-corrected chi connectivity index (χ1v) is 9.26. The molecule has 0 unspecified atom stereocenters. The molecule has 2 atom stereocenters. The highest BCUT2D eigenvalue weighted by Crippen LogP contribution is 2.51. The van der Waals surface area contributed by atoms with Crippen LogP contribution in [0.1, 0.15) is 41.6 Å². The minimum Gasteiger partial charge on any atom is -0.465 e. The maximum absolute atomic E-state index is 13.2. The maximum atomic E-state index is 13.2. The number of Topliss-reactive ketones (excluding diaryl/α,β-unsaturated/α-hetero) is 1. The van der Waals surface area contributed by atoms with Crippen LogP contribution in [0.5, 0.6) is 0 Å². The number of carbonyl (C=O) groups excluding carboxylic acids is 3. The Kier molecular flexibility index (Phi) is 5.31. The Morgan fingerprint density at radius 2 is 1.96 bits per heavy atom. The number of carbonyl (C=O) groups is 3. The number of ketones is 1. The summed E-state index contributed by atoms with van der Waals surface area (Å²) in [6.45, 7) is 9.01. The Hall–Kier alpha value is -2.69. The summed E-state index contributed by atoms with van der Waals surface area (Å²) in [7, 11) is 1.34. The van der Waals surface area contributed by atoms with Gasteiger partial charge in [0.25, 0.3) is 0 Å². The van der Waals surface area contributed by atoms with Crippen molar-refractivity contribution in [3.63, 3.8) is 0 Å². The summed E-state index contributed by atoms with van der Waals surface area (Å²) >= 11 is 0. The van der Waals surface area contributed by atoms with Crippen molar-refractivity contribution in [3.8, 4) is 0 Å². The molecular formula is C22H25NO4. The van der Waals surface area contributed by atoms with Gasteiger partial charge in [-0.15, -0.1) is 6.58 Å². The van der Waals surface area contributed by atoms with Crippen LogP contribution in [-0.4, -0.2) is 42.8 Å². The van der Waals surface area contributed by atoms with Crippen molar-refractivity contribution in [1.82, 2.24) is 4.90 Å². The number of likely N-dealkylation sites (tertiary alicyclic amines) is 1. The van der Waals surface area contributed by atoms with Gasteiger partial charge in [-0.3, -0.25) is 9.59 Å². The number of allylic oxidation sites excluding steroid dienone is 1. The summed E-state index contributed by atoms with van der Waals surface area (Å²) in [5.74, 6) is -0.681. The molecule has 0 aromatic heterocycles. The van der Waals surface area contributed by atoms with Gasteiger partial charge in [0.2, 0.25) is 5.91 Å². The average molecular weight is 367 g/mol. The van der Waals surface area contributed by atoms with E-state index in [1.165, 1.54) is 7.11 Å². The lowest BCUT2D eigenvalue weighted by molar-refractivity contribution is -0.154. The van der Waals surface area contributed by atoms with Crippen LogP contribution < -0.4 is 0 Å². The van der Waals surface area contributed by atoms with Crippen LogP contribution in [0.2, 0.25) is 0 Å².